The molecule has 0 heterocycles. The van der Waals surface area contributed by atoms with Gasteiger partial charge in [0.25, 0.3) is 0 Å². The molecule has 4 nitrogen and oxygen atoms in total. The van der Waals surface area contributed by atoms with Gasteiger partial charge in [-0.15, -0.1) is 0 Å². The minimum absolute atomic E-state index is 0. The molecule has 14 heavy (non-hydrogen) atoms. The molecule has 1 aliphatic rings. The largest absolute Gasteiger partial charge is 0.520 e. The number of carbonyl (C=O) groups is 1. The average Bonchev–Trinajstić information content (AvgIpc) is 2.15. The summed E-state index contributed by atoms with van der Waals surface area (Å²) in [7, 11) is 0. The van der Waals surface area contributed by atoms with Gasteiger partial charge in [-0.2, -0.15) is 6.41 Å². The fourth-order valence-corrected chi connectivity index (χ4v) is 1.91. The van der Waals surface area contributed by atoms with Crippen LogP contribution in [0.15, 0.2) is 0 Å². The molecule has 1 aliphatic carbocycles. The Balaban J connectivity index is 0.00000169. The van der Waals surface area contributed by atoms with E-state index >= 15 is 0 Å². The summed E-state index contributed by atoms with van der Waals surface area (Å²) in [6.45, 7) is 0. The third kappa shape index (κ3) is 2.77. The maximum atomic E-state index is 10.7. The van der Waals surface area contributed by atoms with Gasteiger partial charge in [0.2, 0.25) is 0 Å². The van der Waals surface area contributed by atoms with Gasteiger partial charge < -0.3 is 15.2 Å². The first-order chi connectivity index (χ1) is 6.25. The van der Waals surface area contributed by atoms with Crippen LogP contribution in [0.5, 0.6) is 0 Å². The molecule has 1 amide bonds. The summed E-state index contributed by atoms with van der Waals surface area (Å²) in [5.41, 5.74) is 0. The van der Waals surface area contributed by atoms with Crippen LogP contribution in [0.25, 0.3) is 0 Å². The van der Waals surface area contributed by atoms with Crippen LogP contribution in [0.2, 0.25) is 0 Å². The van der Waals surface area contributed by atoms with Gasteiger partial charge in [-0.25, -0.2) is 0 Å². The fraction of sp³-hybridized carbons (Fsp3) is 0.778. The van der Waals surface area contributed by atoms with Gasteiger partial charge in [-0.3, -0.25) is 4.79 Å². The van der Waals surface area contributed by atoms with Gasteiger partial charge in [0.1, 0.15) is 6.04 Å². The van der Waals surface area contributed by atoms with Crippen LogP contribution >= 0.6 is 0 Å². The van der Waals surface area contributed by atoms with Crippen molar-refractivity contribution in [1.29, 1.82) is 0 Å². The van der Waals surface area contributed by atoms with E-state index in [-0.39, 0.29) is 5.92 Å². The van der Waals surface area contributed by atoms with Crippen LogP contribution in [0.1, 0.15) is 32.1 Å². The Morgan fingerprint density at radius 1 is 1.36 bits per heavy atom. The number of carboxylic acids is 1. The summed E-state index contributed by atoms with van der Waals surface area (Å²) in [6.07, 6.45) is 6.56. The van der Waals surface area contributed by atoms with Gasteiger partial charge in [0.05, 0.1) is 0 Å². The number of hydrogen-bond acceptors (Lipinski definition) is 2. The molecule has 1 fully saturated rings. The Hall–Kier alpha value is -2.06. The summed E-state index contributed by atoms with van der Waals surface area (Å²) in [5.74, 6) is -0.858. The topological polar surface area (TPSA) is 66.4 Å². The molecule has 0 spiro atoms. The number of nitrogens with one attached hydrogen (secondary N) is 1. The zero-order chi connectivity index (χ0) is 9.68. The van der Waals surface area contributed by atoms with E-state index in [2.05, 4.69) is 5.32 Å². The first kappa shape index (κ1) is 11.9. The van der Waals surface area contributed by atoms with Crippen molar-refractivity contribution < 1.29 is 14.7 Å². The van der Waals surface area contributed by atoms with Crippen LogP contribution in [-0.4, -0.2) is 23.5 Å². The van der Waals surface area contributed by atoms with Crippen molar-refractivity contribution in [2.24, 2.45) is 5.92 Å². The van der Waals surface area contributed by atoms with E-state index in [4.69, 9.17) is 5.11 Å². The van der Waals surface area contributed by atoms with Gasteiger partial charge in [-0.1, -0.05) is 19.3 Å². The molecule has 1 rings (SSSR count). The number of amides is 1. The summed E-state index contributed by atoms with van der Waals surface area (Å²) >= 11 is 0. The van der Waals surface area contributed by atoms with Gasteiger partial charge in [0, 0.05) is 0 Å². The van der Waals surface area contributed by atoms with E-state index in [0.29, 0.717) is 0 Å². The van der Waals surface area contributed by atoms with Crippen molar-refractivity contribution in [3.05, 3.63) is 0 Å². The predicted octanol–water partition coefficient (Wildman–Crippen LogP) is 0.677. The molecule has 0 aliphatic heterocycles. The van der Waals surface area contributed by atoms with E-state index in [1.165, 1.54) is 12.8 Å². The van der Waals surface area contributed by atoms with Crippen molar-refractivity contribution in [2.75, 3.05) is 0 Å². The second kappa shape index (κ2) is 5.56. The van der Waals surface area contributed by atoms with Crippen LogP contribution in [0.4, 0.5) is 0 Å². The van der Waals surface area contributed by atoms with E-state index in [1.807, 2.05) is 0 Å². The molecule has 0 aromatic heterocycles. The Kier molecular flexibility index (Phi) is 4.74. The third-order valence-electron chi connectivity index (χ3n) is 2.60. The third-order valence-corrected chi connectivity index (χ3v) is 2.60. The molecule has 2 N–H and O–H groups in total. The van der Waals surface area contributed by atoms with Crippen molar-refractivity contribution in [3.63, 3.8) is 0 Å². The number of carbonyl (C=O) groups excluding carboxylic acids is 1. The quantitative estimate of drug-likeness (QED) is 0.498. The molecule has 1 saturated carbocycles. The van der Waals surface area contributed by atoms with E-state index in [9.17, 15) is 9.59 Å². The monoisotopic (exact) mass is 441 g/mol. The van der Waals surface area contributed by atoms with Crippen LogP contribution in [0, 0.1) is 5.92 Å². The molecule has 1 unspecified atom stereocenters. The smallest absolute Gasteiger partial charge is 0.323 e. The Morgan fingerprint density at radius 2 is 1.93 bits per heavy atom. The molecule has 0 saturated heterocycles. The average molecular weight is 441 g/mol. The van der Waals surface area contributed by atoms with Gasteiger partial charge in [0.15, 0.2) is 0 Å². The Bertz CT molecular complexity index is 192. The maximum absolute atomic E-state index is 10.7. The molecular formula is C9H14FmNO3-. The van der Waals surface area contributed by atoms with Crippen molar-refractivity contribution in [2.45, 2.75) is 38.1 Å². The zero-order valence-electron chi connectivity index (χ0n) is 7.74. The number of hydrogen-bond donors (Lipinski definition) is 2. The van der Waals surface area contributed by atoms with Crippen LogP contribution < -0.4 is 5.32 Å². The fourth-order valence-electron chi connectivity index (χ4n) is 1.91. The second-order valence-corrected chi connectivity index (χ2v) is 3.46. The van der Waals surface area contributed by atoms with E-state index < -0.39 is 12.0 Å². The van der Waals surface area contributed by atoms with E-state index in [0.717, 1.165) is 25.7 Å². The maximum Gasteiger partial charge on any atom is 0.323 e. The molecule has 0 radical (unpaired) electrons. The summed E-state index contributed by atoms with van der Waals surface area (Å²) < 4.78 is 0. The summed E-state index contributed by atoms with van der Waals surface area (Å²) in [6, 6.07) is -0.738. The zero-order valence-corrected chi connectivity index (χ0v) is 10.1. The van der Waals surface area contributed by atoms with E-state index in [1.54, 1.807) is 0 Å². The minimum atomic E-state index is -0.949. The van der Waals surface area contributed by atoms with Crippen LogP contribution in [-0.2, 0) is 9.59 Å². The predicted molar refractivity (Wildman–Crippen MR) is 46.8 cm³/mol. The first-order valence-corrected chi connectivity index (χ1v) is 4.61. The van der Waals surface area contributed by atoms with Crippen LogP contribution in [0.3, 0.4) is 0 Å². The molecule has 1 atom stereocenters. The van der Waals surface area contributed by atoms with Crippen molar-refractivity contribution in [3.8, 4) is 0 Å². The molecule has 86 valence electrons. The van der Waals surface area contributed by atoms with Gasteiger partial charge in [-0.05, 0) is 18.8 Å². The molecule has 0 bridgehead atoms. The number of aliphatic carboxylic acids is 1. The molecule has 0 aromatic carbocycles. The van der Waals surface area contributed by atoms with Crippen molar-refractivity contribution in [1.82, 2.24) is 5.32 Å². The second-order valence-electron chi connectivity index (χ2n) is 3.46. The van der Waals surface area contributed by atoms with Crippen molar-refractivity contribution >= 4 is 12.4 Å². The first-order valence-electron chi connectivity index (χ1n) is 4.61. The summed E-state index contributed by atoms with van der Waals surface area (Å²) in [5, 5.41) is 11.1. The SMILES string of the molecule is O=[C-]NC(C(=O)O)C1CCCCC1.[Fm]. The number of carboxylic acid groups (broad SMARTS) is 1. The Labute approximate surface area is 77.3 Å². The van der Waals surface area contributed by atoms with Gasteiger partial charge >= 0.3 is 5.97 Å². The minimum Gasteiger partial charge on any atom is -0.520 e. The molecule has 5 heteroatoms. The number of rotatable bonds is 4. The molecule has 0 aromatic rings. The molecular weight excluding hydrogens is 427 g/mol. The summed E-state index contributed by atoms with van der Waals surface area (Å²) in [4.78, 5) is 20.8. The normalized spacial score (nSPS) is 19.1. The standard InChI is InChI=1S/C9H14NO3.Fm/c11-6-10-8(9(12)13)7-4-2-1-3-5-7;/h7-8H,1-5H2,(H,10,11)(H,12,13);/q-1;. The Morgan fingerprint density at radius 3 is 2.36 bits per heavy atom.